The van der Waals surface area contributed by atoms with Gasteiger partial charge in [-0.05, 0) is 12.1 Å². The highest BCUT2D eigenvalue weighted by Gasteiger charge is 2.08. The number of furan rings is 1. The van der Waals surface area contributed by atoms with E-state index in [4.69, 9.17) is 9.15 Å². The lowest BCUT2D eigenvalue weighted by molar-refractivity contribution is 0.110. The van der Waals surface area contributed by atoms with Crippen LogP contribution < -0.4 is 4.74 Å². The number of carbonyl (C=O) groups is 1. The summed E-state index contributed by atoms with van der Waals surface area (Å²) in [6, 6.07) is 3.52. The van der Waals surface area contributed by atoms with Crippen LogP contribution in [0, 0.1) is 0 Å². The van der Waals surface area contributed by atoms with Gasteiger partial charge in [0.15, 0.2) is 12.0 Å². The molecule has 0 bridgehead atoms. The molecule has 15 heavy (non-hydrogen) atoms. The second-order valence-electron chi connectivity index (χ2n) is 2.93. The maximum atomic E-state index is 10.7. The van der Waals surface area contributed by atoms with Crippen LogP contribution in [0.1, 0.15) is 10.6 Å². The summed E-state index contributed by atoms with van der Waals surface area (Å²) in [5.41, 5.74) is 1.52. The zero-order valence-electron chi connectivity index (χ0n) is 8.14. The van der Waals surface area contributed by atoms with E-state index in [1.54, 1.807) is 31.6 Å². The highest BCUT2D eigenvalue weighted by molar-refractivity contribution is 5.84. The molecule has 0 spiro atoms. The van der Waals surface area contributed by atoms with Gasteiger partial charge in [-0.1, -0.05) is 0 Å². The third-order valence-corrected chi connectivity index (χ3v) is 2.06. The van der Waals surface area contributed by atoms with Gasteiger partial charge in [-0.3, -0.25) is 9.78 Å². The monoisotopic (exact) mass is 203 g/mol. The van der Waals surface area contributed by atoms with Crippen LogP contribution in [0.15, 0.2) is 35.2 Å². The van der Waals surface area contributed by atoms with Crippen LogP contribution in [-0.4, -0.2) is 18.4 Å². The number of carbonyl (C=O) groups excluding carboxylic acids is 1. The number of rotatable bonds is 3. The fraction of sp³-hybridized carbons (Fsp3) is 0.0909. The number of ether oxygens (including phenoxy) is 1. The first-order valence-electron chi connectivity index (χ1n) is 4.37. The molecule has 0 aliphatic carbocycles. The Morgan fingerprint density at radius 3 is 3.07 bits per heavy atom. The predicted molar refractivity (Wildman–Crippen MR) is 53.9 cm³/mol. The SMILES string of the molecule is COc1cncc(-c2ccoc2C=O)c1. The van der Waals surface area contributed by atoms with Crippen LogP contribution in [0.3, 0.4) is 0 Å². The first kappa shape index (κ1) is 9.45. The van der Waals surface area contributed by atoms with E-state index >= 15 is 0 Å². The average Bonchev–Trinajstić information content (AvgIpc) is 2.77. The maximum absolute atomic E-state index is 10.7. The topological polar surface area (TPSA) is 52.3 Å². The molecule has 76 valence electrons. The van der Waals surface area contributed by atoms with Crippen molar-refractivity contribution >= 4 is 6.29 Å². The molecule has 0 saturated heterocycles. The Kier molecular flexibility index (Phi) is 2.49. The first-order valence-corrected chi connectivity index (χ1v) is 4.37. The van der Waals surface area contributed by atoms with Crippen LogP contribution in [-0.2, 0) is 0 Å². The quantitative estimate of drug-likeness (QED) is 0.717. The van der Waals surface area contributed by atoms with E-state index in [0.717, 1.165) is 11.1 Å². The van der Waals surface area contributed by atoms with Crippen molar-refractivity contribution in [1.29, 1.82) is 0 Å². The van der Waals surface area contributed by atoms with E-state index in [2.05, 4.69) is 4.98 Å². The fourth-order valence-electron chi connectivity index (χ4n) is 1.33. The van der Waals surface area contributed by atoms with E-state index in [1.807, 2.05) is 0 Å². The summed E-state index contributed by atoms with van der Waals surface area (Å²) in [7, 11) is 1.57. The Bertz CT molecular complexity index is 476. The second-order valence-corrected chi connectivity index (χ2v) is 2.93. The van der Waals surface area contributed by atoms with Crippen molar-refractivity contribution < 1.29 is 13.9 Å². The molecule has 4 nitrogen and oxygen atoms in total. The van der Waals surface area contributed by atoms with Crippen molar-refractivity contribution in [2.45, 2.75) is 0 Å². The predicted octanol–water partition coefficient (Wildman–Crippen LogP) is 2.16. The molecular weight excluding hydrogens is 194 g/mol. The van der Waals surface area contributed by atoms with E-state index in [1.165, 1.54) is 6.26 Å². The van der Waals surface area contributed by atoms with Gasteiger partial charge in [0.05, 0.1) is 19.6 Å². The Balaban J connectivity index is 2.48. The Morgan fingerprint density at radius 2 is 2.33 bits per heavy atom. The third kappa shape index (κ3) is 1.74. The third-order valence-electron chi connectivity index (χ3n) is 2.06. The average molecular weight is 203 g/mol. The number of hydrogen-bond donors (Lipinski definition) is 0. The molecule has 0 aliphatic heterocycles. The van der Waals surface area contributed by atoms with Crippen LogP contribution in [0.5, 0.6) is 5.75 Å². The van der Waals surface area contributed by atoms with Crippen molar-refractivity contribution in [3.05, 3.63) is 36.5 Å². The zero-order chi connectivity index (χ0) is 10.7. The Morgan fingerprint density at radius 1 is 1.47 bits per heavy atom. The largest absolute Gasteiger partial charge is 0.495 e. The highest BCUT2D eigenvalue weighted by Crippen LogP contribution is 2.25. The minimum atomic E-state index is 0.296. The minimum Gasteiger partial charge on any atom is -0.495 e. The van der Waals surface area contributed by atoms with Gasteiger partial charge >= 0.3 is 0 Å². The minimum absolute atomic E-state index is 0.296. The fourth-order valence-corrected chi connectivity index (χ4v) is 1.33. The van der Waals surface area contributed by atoms with Crippen LogP contribution in [0.2, 0.25) is 0 Å². The molecule has 0 unspecified atom stereocenters. The molecular formula is C11H9NO3. The highest BCUT2D eigenvalue weighted by atomic mass is 16.5. The van der Waals surface area contributed by atoms with Gasteiger partial charge < -0.3 is 9.15 Å². The molecule has 2 heterocycles. The molecule has 2 rings (SSSR count). The number of methoxy groups -OCH3 is 1. The standard InChI is InChI=1S/C11H9NO3/c1-14-9-4-8(5-12-6-9)10-2-3-15-11(10)7-13/h2-7H,1H3. The summed E-state index contributed by atoms with van der Waals surface area (Å²) in [4.78, 5) is 14.7. The number of aromatic nitrogens is 1. The lowest BCUT2D eigenvalue weighted by atomic mass is 10.1. The van der Waals surface area contributed by atoms with Gasteiger partial charge in [-0.25, -0.2) is 0 Å². The molecule has 0 aromatic carbocycles. The second kappa shape index (κ2) is 3.96. The summed E-state index contributed by atoms with van der Waals surface area (Å²) in [6.07, 6.45) is 5.40. The summed E-state index contributed by atoms with van der Waals surface area (Å²) in [5.74, 6) is 0.940. The van der Waals surface area contributed by atoms with Crippen molar-refractivity contribution in [3.8, 4) is 16.9 Å². The molecule has 0 aliphatic rings. The van der Waals surface area contributed by atoms with Crippen molar-refractivity contribution in [1.82, 2.24) is 4.98 Å². The van der Waals surface area contributed by atoms with Gasteiger partial charge in [0.2, 0.25) is 0 Å². The lowest BCUT2D eigenvalue weighted by Gasteiger charge is -2.01. The van der Waals surface area contributed by atoms with Gasteiger partial charge in [-0.2, -0.15) is 0 Å². The molecule has 2 aromatic rings. The summed E-state index contributed by atoms with van der Waals surface area (Å²) >= 11 is 0. The normalized spacial score (nSPS) is 9.93. The molecule has 0 fully saturated rings. The molecule has 0 radical (unpaired) electrons. The van der Waals surface area contributed by atoms with Crippen LogP contribution in [0.25, 0.3) is 11.1 Å². The van der Waals surface area contributed by atoms with Gasteiger partial charge in [0.1, 0.15) is 5.75 Å². The molecule has 4 heteroatoms. The molecule has 0 amide bonds. The summed E-state index contributed by atoms with van der Waals surface area (Å²) < 4.78 is 10.1. The number of aldehydes is 1. The molecule has 0 atom stereocenters. The Labute approximate surface area is 86.5 Å². The van der Waals surface area contributed by atoms with Gasteiger partial charge in [0, 0.05) is 17.3 Å². The number of nitrogens with zero attached hydrogens (tertiary/aromatic N) is 1. The first-order chi connectivity index (χ1) is 7.35. The number of hydrogen-bond acceptors (Lipinski definition) is 4. The van der Waals surface area contributed by atoms with Crippen molar-refractivity contribution in [3.63, 3.8) is 0 Å². The molecule has 0 saturated carbocycles. The maximum Gasteiger partial charge on any atom is 0.185 e. The molecule has 0 N–H and O–H groups in total. The lowest BCUT2D eigenvalue weighted by Crippen LogP contribution is -1.87. The smallest absolute Gasteiger partial charge is 0.185 e. The van der Waals surface area contributed by atoms with E-state index in [0.29, 0.717) is 17.8 Å². The van der Waals surface area contributed by atoms with Crippen LogP contribution in [0.4, 0.5) is 0 Å². The number of pyridine rings is 1. The van der Waals surface area contributed by atoms with E-state index in [9.17, 15) is 4.79 Å². The summed E-state index contributed by atoms with van der Waals surface area (Å²) in [6.45, 7) is 0. The zero-order valence-corrected chi connectivity index (χ0v) is 8.14. The van der Waals surface area contributed by atoms with Crippen LogP contribution >= 0.6 is 0 Å². The van der Waals surface area contributed by atoms with Gasteiger partial charge in [-0.15, -0.1) is 0 Å². The van der Waals surface area contributed by atoms with E-state index < -0.39 is 0 Å². The van der Waals surface area contributed by atoms with Crippen molar-refractivity contribution in [2.24, 2.45) is 0 Å². The summed E-state index contributed by atoms with van der Waals surface area (Å²) in [5, 5.41) is 0. The molecule has 2 aromatic heterocycles. The van der Waals surface area contributed by atoms with E-state index in [-0.39, 0.29) is 0 Å². The van der Waals surface area contributed by atoms with Crippen molar-refractivity contribution in [2.75, 3.05) is 7.11 Å². The van der Waals surface area contributed by atoms with Gasteiger partial charge in [0.25, 0.3) is 0 Å². The Hall–Kier alpha value is -2.10.